The molecule has 2 aliphatic rings. The number of rotatable bonds is 7. The molecule has 0 aromatic heterocycles. The summed E-state index contributed by atoms with van der Waals surface area (Å²) in [7, 11) is 0. The average molecular weight is 439 g/mol. The zero-order valence-corrected chi connectivity index (χ0v) is 17.3. The Labute approximate surface area is 168 Å². The first-order valence-corrected chi connectivity index (χ1v) is 10.3. The molecule has 0 radical (unpaired) electrons. The van der Waals surface area contributed by atoms with Crippen molar-refractivity contribution in [1.29, 1.82) is 0 Å². The number of hydrogen-bond donors (Lipinski definition) is 1. The fourth-order valence-corrected chi connectivity index (χ4v) is 3.75. The molecule has 1 aromatic rings. The van der Waals surface area contributed by atoms with Gasteiger partial charge in [0.1, 0.15) is 12.3 Å². The predicted molar refractivity (Wildman–Crippen MR) is 108 cm³/mol. The lowest BCUT2D eigenvalue weighted by atomic mass is 10.2. The highest BCUT2D eigenvalue weighted by Gasteiger charge is 2.27. The van der Waals surface area contributed by atoms with E-state index in [9.17, 15) is 9.59 Å². The number of hydrogen-bond acceptors (Lipinski definition) is 5. The first kappa shape index (κ1) is 20.1. The van der Waals surface area contributed by atoms with Crippen LogP contribution in [0.1, 0.15) is 13.3 Å². The molecule has 2 aliphatic heterocycles. The normalized spacial score (nSPS) is 18.1. The molecule has 8 heteroatoms. The van der Waals surface area contributed by atoms with Gasteiger partial charge in [-0.3, -0.25) is 14.5 Å². The Morgan fingerprint density at radius 2 is 1.96 bits per heavy atom. The van der Waals surface area contributed by atoms with Crippen LogP contribution in [0.25, 0.3) is 0 Å². The third kappa shape index (κ3) is 5.43. The molecule has 1 N–H and O–H groups in total. The smallest absolute Gasteiger partial charge is 0.265 e. The molecule has 3 rings (SSSR count). The van der Waals surface area contributed by atoms with Crippen molar-refractivity contribution >= 4 is 33.4 Å². The molecule has 148 valence electrons. The maximum absolute atomic E-state index is 12.3. The van der Waals surface area contributed by atoms with E-state index in [-0.39, 0.29) is 25.0 Å². The number of halogens is 1. The van der Waals surface area contributed by atoms with E-state index in [1.54, 1.807) is 6.07 Å². The van der Waals surface area contributed by atoms with Crippen molar-refractivity contribution in [2.75, 3.05) is 63.9 Å². The van der Waals surface area contributed by atoms with Crippen LogP contribution in [0.5, 0.6) is 5.75 Å². The number of amides is 2. The molecule has 2 amide bonds. The molecular formula is C19H27BrN4O3. The van der Waals surface area contributed by atoms with Crippen LogP contribution in [0.15, 0.2) is 22.7 Å². The van der Waals surface area contributed by atoms with Crippen molar-refractivity contribution in [2.45, 2.75) is 13.3 Å². The van der Waals surface area contributed by atoms with E-state index in [1.165, 1.54) is 4.90 Å². The molecular weight excluding hydrogens is 412 g/mol. The number of piperazine rings is 1. The van der Waals surface area contributed by atoms with Crippen LogP contribution in [0.4, 0.5) is 5.69 Å². The fourth-order valence-electron chi connectivity index (χ4n) is 3.41. The van der Waals surface area contributed by atoms with Gasteiger partial charge >= 0.3 is 0 Å². The van der Waals surface area contributed by atoms with Crippen LogP contribution in [0.3, 0.4) is 0 Å². The Hall–Kier alpha value is -1.64. The Kier molecular flexibility index (Phi) is 7.09. The second kappa shape index (κ2) is 9.52. The van der Waals surface area contributed by atoms with Gasteiger partial charge in [-0.2, -0.15) is 0 Å². The summed E-state index contributed by atoms with van der Waals surface area (Å²) >= 11 is 3.39. The van der Waals surface area contributed by atoms with E-state index in [4.69, 9.17) is 4.74 Å². The molecule has 0 bridgehead atoms. The highest BCUT2D eigenvalue weighted by Crippen LogP contribution is 2.34. The monoisotopic (exact) mass is 438 g/mol. The van der Waals surface area contributed by atoms with Crippen LogP contribution in [0, 0.1) is 0 Å². The SMILES string of the molecule is CCN1CCN(CCCNC(=O)CN2C(=O)COc3cc(Br)ccc32)CC1. The Morgan fingerprint density at radius 3 is 2.70 bits per heavy atom. The molecule has 1 aromatic carbocycles. The average Bonchev–Trinajstić information content (AvgIpc) is 2.68. The first-order valence-electron chi connectivity index (χ1n) is 9.51. The summed E-state index contributed by atoms with van der Waals surface area (Å²) < 4.78 is 6.32. The summed E-state index contributed by atoms with van der Waals surface area (Å²) in [5.74, 6) is 0.270. The minimum Gasteiger partial charge on any atom is -0.482 e. The summed E-state index contributed by atoms with van der Waals surface area (Å²) in [5, 5.41) is 2.93. The van der Waals surface area contributed by atoms with Crippen molar-refractivity contribution in [1.82, 2.24) is 15.1 Å². The molecule has 0 spiro atoms. The number of fused-ring (bicyclic) bond motifs is 1. The van der Waals surface area contributed by atoms with Crippen molar-refractivity contribution < 1.29 is 14.3 Å². The van der Waals surface area contributed by atoms with Crippen molar-refractivity contribution in [3.8, 4) is 5.75 Å². The zero-order valence-electron chi connectivity index (χ0n) is 15.7. The lowest BCUT2D eigenvalue weighted by Crippen LogP contribution is -2.47. The molecule has 1 fully saturated rings. The van der Waals surface area contributed by atoms with Gasteiger partial charge in [0.2, 0.25) is 5.91 Å². The third-order valence-electron chi connectivity index (χ3n) is 5.05. The number of nitrogens with zero attached hydrogens (tertiary/aromatic N) is 3. The number of anilines is 1. The van der Waals surface area contributed by atoms with Gasteiger partial charge in [0.05, 0.1) is 5.69 Å². The van der Waals surface area contributed by atoms with Gasteiger partial charge in [-0.1, -0.05) is 22.9 Å². The molecule has 1 saturated heterocycles. The maximum atomic E-state index is 12.3. The maximum Gasteiger partial charge on any atom is 0.265 e. The first-order chi connectivity index (χ1) is 13.1. The number of ether oxygens (including phenoxy) is 1. The molecule has 2 heterocycles. The predicted octanol–water partition coefficient (Wildman–Crippen LogP) is 1.32. The van der Waals surface area contributed by atoms with Crippen LogP contribution in [0.2, 0.25) is 0 Å². The number of carbonyl (C=O) groups is 2. The van der Waals surface area contributed by atoms with E-state index in [0.717, 1.165) is 50.2 Å². The third-order valence-corrected chi connectivity index (χ3v) is 5.55. The molecule has 27 heavy (non-hydrogen) atoms. The van der Waals surface area contributed by atoms with Crippen LogP contribution >= 0.6 is 15.9 Å². The van der Waals surface area contributed by atoms with Gasteiger partial charge in [-0.05, 0) is 37.7 Å². The van der Waals surface area contributed by atoms with Crippen LogP contribution < -0.4 is 15.0 Å². The summed E-state index contributed by atoms with van der Waals surface area (Å²) in [6, 6.07) is 5.44. The minimum absolute atomic E-state index is 0.0198. The van der Waals surface area contributed by atoms with Gasteiger partial charge in [0.15, 0.2) is 6.61 Å². The summed E-state index contributed by atoms with van der Waals surface area (Å²) in [6.07, 6.45) is 0.915. The molecule has 0 aliphatic carbocycles. The van der Waals surface area contributed by atoms with Crippen LogP contribution in [-0.4, -0.2) is 80.6 Å². The second-order valence-electron chi connectivity index (χ2n) is 6.86. The number of benzene rings is 1. The molecule has 7 nitrogen and oxygen atoms in total. The van der Waals surface area contributed by atoms with E-state index >= 15 is 0 Å². The Bertz CT molecular complexity index is 677. The number of likely N-dealkylation sites (N-methyl/N-ethyl adjacent to an activating group) is 1. The second-order valence-corrected chi connectivity index (χ2v) is 7.78. The molecule has 0 saturated carbocycles. The van der Waals surface area contributed by atoms with Crippen molar-refractivity contribution in [3.05, 3.63) is 22.7 Å². The lowest BCUT2D eigenvalue weighted by Gasteiger charge is -2.34. The van der Waals surface area contributed by atoms with E-state index in [0.29, 0.717) is 18.0 Å². The van der Waals surface area contributed by atoms with Gasteiger partial charge in [0, 0.05) is 37.2 Å². The van der Waals surface area contributed by atoms with E-state index in [1.807, 2.05) is 12.1 Å². The summed E-state index contributed by atoms with van der Waals surface area (Å²) in [5.41, 5.74) is 0.637. The Morgan fingerprint density at radius 1 is 1.22 bits per heavy atom. The van der Waals surface area contributed by atoms with E-state index in [2.05, 4.69) is 38.0 Å². The number of carbonyl (C=O) groups excluding carboxylic acids is 2. The number of nitrogens with one attached hydrogen (secondary N) is 1. The van der Waals surface area contributed by atoms with Gasteiger partial charge in [0.25, 0.3) is 5.91 Å². The van der Waals surface area contributed by atoms with Gasteiger partial charge in [-0.15, -0.1) is 0 Å². The standard InChI is InChI=1S/C19H27BrN4O3/c1-2-22-8-10-23(11-9-22)7-3-6-21-18(25)13-24-16-5-4-15(20)12-17(16)27-14-19(24)26/h4-5,12H,2-3,6-11,13-14H2,1H3,(H,21,25). The zero-order chi connectivity index (χ0) is 19.2. The van der Waals surface area contributed by atoms with Crippen molar-refractivity contribution in [2.24, 2.45) is 0 Å². The largest absolute Gasteiger partial charge is 0.482 e. The van der Waals surface area contributed by atoms with Crippen LogP contribution in [-0.2, 0) is 9.59 Å². The highest BCUT2D eigenvalue weighted by atomic mass is 79.9. The highest BCUT2D eigenvalue weighted by molar-refractivity contribution is 9.10. The molecule has 0 unspecified atom stereocenters. The van der Waals surface area contributed by atoms with Gasteiger partial charge in [-0.25, -0.2) is 0 Å². The fraction of sp³-hybridized carbons (Fsp3) is 0.579. The lowest BCUT2D eigenvalue weighted by molar-refractivity contribution is -0.125. The molecule has 0 atom stereocenters. The van der Waals surface area contributed by atoms with Crippen molar-refractivity contribution in [3.63, 3.8) is 0 Å². The quantitative estimate of drug-likeness (QED) is 0.650. The summed E-state index contributed by atoms with van der Waals surface area (Å²) in [6.45, 7) is 9.34. The Balaban J connectivity index is 1.41. The van der Waals surface area contributed by atoms with E-state index < -0.39 is 0 Å². The minimum atomic E-state index is -0.200. The van der Waals surface area contributed by atoms with Gasteiger partial charge < -0.3 is 19.9 Å². The summed E-state index contributed by atoms with van der Waals surface area (Å²) in [4.78, 5) is 30.8. The topological polar surface area (TPSA) is 65.1 Å².